The van der Waals surface area contributed by atoms with Crippen LogP contribution in [0, 0.1) is 0 Å². The van der Waals surface area contributed by atoms with Crippen molar-refractivity contribution in [3.8, 4) is 11.5 Å². The van der Waals surface area contributed by atoms with Crippen LogP contribution in [0.5, 0.6) is 11.5 Å². The summed E-state index contributed by atoms with van der Waals surface area (Å²) < 4.78 is 76.1. The zero-order valence-corrected chi connectivity index (χ0v) is 29.5. The summed E-state index contributed by atoms with van der Waals surface area (Å²) in [5, 5.41) is 0. The molecule has 0 saturated heterocycles. The van der Waals surface area contributed by atoms with Crippen LogP contribution in [-0.4, -0.2) is 25.9 Å². The number of aryl methyl sites for hydroxylation is 1. The Kier molecular flexibility index (Phi) is 20.9. The standard InChI is InChI=1S/C28H42O7S2.2Na/c1-2-3-4-5-6-7-8-9-10-11-12-13-14-15-19-24-20-18-23-27(37(32,33)34)28(24)35-25-21-16-17-22-26(25)36(29,30)31;;/h16-18,20-23H,2-15,19H2,1H3,(H,29,30,31)(H,32,33,34);;/q;2*+1/p-2. The van der Waals surface area contributed by atoms with Crippen molar-refractivity contribution >= 4 is 20.2 Å². The fourth-order valence-electron chi connectivity index (χ4n) is 4.43. The van der Waals surface area contributed by atoms with Gasteiger partial charge in [0.2, 0.25) is 0 Å². The molecule has 0 amide bonds. The average Bonchev–Trinajstić information content (AvgIpc) is 2.84. The van der Waals surface area contributed by atoms with Crippen molar-refractivity contribution in [3.05, 3.63) is 48.0 Å². The minimum atomic E-state index is -4.89. The molecule has 0 heterocycles. The second kappa shape index (κ2) is 20.9. The van der Waals surface area contributed by atoms with Gasteiger partial charge < -0.3 is 13.8 Å². The molecule has 2 aromatic carbocycles. The van der Waals surface area contributed by atoms with Gasteiger partial charge in [-0.3, -0.25) is 0 Å². The molecule has 0 saturated carbocycles. The first-order valence-corrected chi connectivity index (χ1v) is 16.3. The molecule has 2 rings (SSSR count). The van der Waals surface area contributed by atoms with Gasteiger partial charge in [0.05, 0.1) is 9.79 Å². The molecule has 0 atom stereocenters. The van der Waals surface area contributed by atoms with Gasteiger partial charge in [-0.25, -0.2) is 16.8 Å². The van der Waals surface area contributed by atoms with Gasteiger partial charge in [-0.05, 0) is 36.6 Å². The van der Waals surface area contributed by atoms with Crippen LogP contribution < -0.4 is 63.9 Å². The maximum atomic E-state index is 11.9. The average molecular weight is 599 g/mol. The van der Waals surface area contributed by atoms with Crippen LogP contribution in [0.4, 0.5) is 0 Å². The first kappa shape index (κ1) is 39.1. The van der Waals surface area contributed by atoms with Gasteiger partial charge in [0, 0.05) is 0 Å². The predicted octanol–water partition coefficient (Wildman–Crippen LogP) is 1.32. The summed E-state index contributed by atoms with van der Waals surface area (Å²) in [4.78, 5) is -1.19. The van der Waals surface area contributed by atoms with Crippen molar-refractivity contribution in [1.82, 2.24) is 0 Å². The monoisotopic (exact) mass is 598 g/mol. The molecule has 0 aromatic heterocycles. The number of rotatable bonds is 19. The van der Waals surface area contributed by atoms with E-state index in [9.17, 15) is 25.9 Å². The Balaban J connectivity index is 0.00000722. The number of hydrogen-bond acceptors (Lipinski definition) is 7. The predicted molar refractivity (Wildman–Crippen MR) is 143 cm³/mol. The normalized spacial score (nSPS) is 11.5. The molecule has 0 aliphatic heterocycles. The molecule has 0 spiro atoms. The van der Waals surface area contributed by atoms with E-state index in [1.807, 2.05) is 0 Å². The van der Waals surface area contributed by atoms with E-state index in [4.69, 9.17) is 4.74 Å². The molecular weight excluding hydrogens is 558 g/mol. The van der Waals surface area contributed by atoms with Crippen molar-refractivity contribution in [2.45, 2.75) is 113 Å². The number of hydrogen-bond donors (Lipinski definition) is 0. The molecule has 39 heavy (non-hydrogen) atoms. The van der Waals surface area contributed by atoms with Crippen molar-refractivity contribution in [2.75, 3.05) is 0 Å². The second-order valence-electron chi connectivity index (χ2n) is 9.55. The van der Waals surface area contributed by atoms with Gasteiger partial charge in [-0.15, -0.1) is 0 Å². The van der Waals surface area contributed by atoms with E-state index in [0.29, 0.717) is 12.0 Å². The van der Waals surface area contributed by atoms with Crippen LogP contribution in [0.3, 0.4) is 0 Å². The quantitative estimate of drug-likeness (QED) is 0.136. The topological polar surface area (TPSA) is 124 Å². The fraction of sp³-hybridized carbons (Fsp3) is 0.571. The third-order valence-corrected chi connectivity index (χ3v) is 8.20. The van der Waals surface area contributed by atoms with E-state index in [1.54, 1.807) is 6.07 Å². The molecule has 208 valence electrons. The zero-order chi connectivity index (χ0) is 27.2. The number of benzene rings is 2. The third-order valence-electron chi connectivity index (χ3n) is 6.46. The Morgan fingerprint density at radius 3 is 1.51 bits per heavy atom. The molecule has 11 heteroatoms. The zero-order valence-electron chi connectivity index (χ0n) is 23.8. The summed E-state index contributed by atoms with van der Waals surface area (Å²) in [5.41, 5.74) is 0.481. The Morgan fingerprint density at radius 1 is 0.590 bits per heavy atom. The molecular formula is C28H40Na2O7S2. The molecule has 0 aliphatic carbocycles. The molecule has 0 fully saturated rings. The molecule has 0 bridgehead atoms. The van der Waals surface area contributed by atoms with E-state index in [2.05, 4.69) is 6.92 Å². The van der Waals surface area contributed by atoms with Crippen LogP contribution in [0.1, 0.15) is 102 Å². The van der Waals surface area contributed by atoms with E-state index in [1.165, 1.54) is 88.5 Å². The number of para-hydroxylation sites is 2. The summed E-state index contributed by atoms with van der Waals surface area (Å²) in [6, 6.07) is 9.41. The summed E-state index contributed by atoms with van der Waals surface area (Å²) in [5.74, 6) is -0.529. The van der Waals surface area contributed by atoms with Crippen LogP contribution in [-0.2, 0) is 26.7 Å². The Bertz CT molecular complexity index is 1170. The van der Waals surface area contributed by atoms with Crippen molar-refractivity contribution < 1.29 is 89.8 Å². The van der Waals surface area contributed by atoms with Gasteiger partial charge in [0.15, 0.2) is 0 Å². The van der Waals surface area contributed by atoms with Crippen LogP contribution in [0.15, 0.2) is 52.3 Å². The largest absolute Gasteiger partial charge is 1.00 e. The summed E-state index contributed by atoms with van der Waals surface area (Å²) in [6.45, 7) is 2.24. The van der Waals surface area contributed by atoms with Crippen molar-refractivity contribution in [1.29, 1.82) is 0 Å². The van der Waals surface area contributed by atoms with Gasteiger partial charge >= 0.3 is 59.1 Å². The van der Waals surface area contributed by atoms with Crippen LogP contribution in [0.2, 0.25) is 0 Å². The van der Waals surface area contributed by atoms with Gasteiger partial charge in [-0.1, -0.05) is 115 Å². The summed E-state index contributed by atoms with van der Waals surface area (Å²) >= 11 is 0. The SMILES string of the molecule is CCCCCCCCCCCCCCCCc1cccc(S(=O)(=O)[O-])c1Oc1ccccc1S(=O)(=O)[O-].[Na+].[Na+]. The van der Waals surface area contributed by atoms with Gasteiger partial charge in [0.1, 0.15) is 31.7 Å². The van der Waals surface area contributed by atoms with E-state index >= 15 is 0 Å². The minimum absolute atomic E-state index is 0. The minimum Gasteiger partial charge on any atom is -0.744 e. The Morgan fingerprint density at radius 2 is 1.03 bits per heavy atom. The van der Waals surface area contributed by atoms with Gasteiger partial charge in [-0.2, -0.15) is 0 Å². The summed E-state index contributed by atoms with van der Waals surface area (Å²) in [6.07, 6.45) is 17.4. The Hall–Kier alpha value is 0.0600. The molecule has 0 N–H and O–H groups in total. The smallest absolute Gasteiger partial charge is 0.744 e. The van der Waals surface area contributed by atoms with E-state index in [-0.39, 0.29) is 70.6 Å². The van der Waals surface area contributed by atoms with Crippen LogP contribution >= 0.6 is 0 Å². The van der Waals surface area contributed by atoms with Crippen LogP contribution in [0.25, 0.3) is 0 Å². The van der Waals surface area contributed by atoms with Crippen molar-refractivity contribution in [3.63, 3.8) is 0 Å². The fourth-order valence-corrected chi connectivity index (χ4v) is 5.68. The number of ether oxygens (including phenoxy) is 1. The molecule has 2 aromatic rings. The number of unbranched alkanes of at least 4 members (excludes halogenated alkanes) is 13. The molecule has 0 unspecified atom stereocenters. The molecule has 0 aliphatic rings. The maximum Gasteiger partial charge on any atom is 1.00 e. The Labute approximate surface area is 280 Å². The summed E-state index contributed by atoms with van der Waals surface area (Å²) in [7, 11) is -9.75. The molecule has 0 radical (unpaired) electrons. The first-order valence-electron chi connectivity index (χ1n) is 13.4. The third kappa shape index (κ3) is 15.2. The first-order chi connectivity index (χ1) is 17.6. The van der Waals surface area contributed by atoms with E-state index in [0.717, 1.165) is 37.8 Å². The second-order valence-corrected chi connectivity index (χ2v) is 12.2. The van der Waals surface area contributed by atoms with Crippen molar-refractivity contribution in [2.24, 2.45) is 0 Å². The molecule has 7 nitrogen and oxygen atoms in total. The van der Waals surface area contributed by atoms with Gasteiger partial charge in [0.25, 0.3) is 0 Å². The van der Waals surface area contributed by atoms with E-state index < -0.39 is 30.0 Å². The maximum absolute atomic E-state index is 11.9.